The lowest BCUT2D eigenvalue weighted by Gasteiger charge is -1.97. The van der Waals surface area contributed by atoms with Crippen molar-refractivity contribution < 1.29 is 0 Å². The van der Waals surface area contributed by atoms with Crippen LogP contribution in [0, 0.1) is 16.7 Å². The number of rotatable bonds is 5. The van der Waals surface area contributed by atoms with Gasteiger partial charge in [-0.05, 0) is 51.4 Å². The molecular weight excluding hydrogens is 284 g/mol. The molecule has 0 aromatic heterocycles. The molecule has 4 nitrogen and oxygen atoms in total. The fourth-order valence-electron chi connectivity index (χ4n) is 1.11. The number of hydrogen-bond acceptors (Lipinski definition) is 4. The van der Waals surface area contributed by atoms with Crippen LogP contribution >= 0.6 is 0 Å². The summed E-state index contributed by atoms with van der Waals surface area (Å²) in [6, 6.07) is 9.63. The third-order valence-corrected chi connectivity index (χ3v) is 2.22. The first-order valence-electron chi connectivity index (χ1n) is 7.01. The first kappa shape index (κ1) is 22.5. The van der Waals surface area contributed by atoms with Gasteiger partial charge < -0.3 is 10.7 Å². The van der Waals surface area contributed by atoms with Crippen molar-refractivity contribution in [2.45, 2.75) is 20.4 Å². The van der Waals surface area contributed by atoms with Crippen molar-refractivity contribution in [3.05, 3.63) is 72.5 Å². The molecule has 0 saturated heterocycles. The third-order valence-electron chi connectivity index (χ3n) is 2.22. The molecule has 0 spiro atoms. The minimum atomic E-state index is 0.555. The first-order chi connectivity index (χ1) is 10.9. The molecule has 0 heterocycles. The molecule has 1 aromatic rings. The lowest BCUT2D eigenvalue weighted by Crippen LogP contribution is -2.04. The van der Waals surface area contributed by atoms with Crippen LogP contribution in [0.15, 0.2) is 66.3 Å². The van der Waals surface area contributed by atoms with Crippen LogP contribution in [0.25, 0.3) is 0 Å². The van der Waals surface area contributed by atoms with Crippen LogP contribution in [0.5, 0.6) is 0 Å². The van der Waals surface area contributed by atoms with E-state index in [1.807, 2.05) is 31.3 Å². The lowest BCUT2D eigenvalue weighted by molar-refractivity contribution is 0.818. The average molecular weight is 310 g/mol. The molecule has 0 atom stereocenters. The van der Waals surface area contributed by atoms with Crippen molar-refractivity contribution in [1.82, 2.24) is 5.32 Å². The highest BCUT2D eigenvalue weighted by atomic mass is 14.8. The molecule has 0 saturated carbocycles. The molecule has 0 aliphatic rings. The Hall–Kier alpha value is -2.77. The Balaban J connectivity index is 0. The van der Waals surface area contributed by atoms with E-state index in [0.29, 0.717) is 11.3 Å². The van der Waals surface area contributed by atoms with Crippen molar-refractivity contribution in [3.8, 4) is 6.07 Å². The molecule has 122 valence electrons. The summed E-state index contributed by atoms with van der Waals surface area (Å²) < 4.78 is 0. The van der Waals surface area contributed by atoms with Crippen molar-refractivity contribution in [2.75, 3.05) is 7.05 Å². The second-order valence-corrected chi connectivity index (χ2v) is 4.51. The van der Waals surface area contributed by atoms with E-state index in [-0.39, 0.29) is 0 Å². The average Bonchev–Trinajstić information content (AvgIpc) is 2.55. The largest absolute Gasteiger partial charge is 0.316 e. The number of nitrogens with zero attached hydrogens (tertiary/aromatic N) is 2. The summed E-state index contributed by atoms with van der Waals surface area (Å²) in [6.45, 7) is 14.5. The molecule has 0 radical (unpaired) electrons. The van der Waals surface area contributed by atoms with Gasteiger partial charge in [0.05, 0.1) is 11.6 Å². The van der Waals surface area contributed by atoms with Crippen LogP contribution in [-0.4, -0.2) is 19.5 Å². The zero-order valence-corrected chi connectivity index (χ0v) is 14.3. The summed E-state index contributed by atoms with van der Waals surface area (Å²) in [5, 5.41) is 18.4. The van der Waals surface area contributed by atoms with Crippen LogP contribution < -0.4 is 5.32 Å². The quantitative estimate of drug-likeness (QED) is 0.630. The maximum atomic E-state index is 8.49. The summed E-state index contributed by atoms with van der Waals surface area (Å²) in [4.78, 5) is 3.44. The Labute approximate surface area is 140 Å². The maximum absolute atomic E-state index is 8.49. The Morgan fingerprint density at radius 1 is 1.35 bits per heavy atom. The van der Waals surface area contributed by atoms with E-state index >= 15 is 0 Å². The van der Waals surface area contributed by atoms with Crippen LogP contribution in [0.3, 0.4) is 0 Å². The van der Waals surface area contributed by atoms with Crippen LogP contribution in [0.1, 0.15) is 25.0 Å². The number of aliphatic imine (C=N–C) groups is 1. The fraction of sp³-hybridized carbons (Fsp3) is 0.211. The van der Waals surface area contributed by atoms with Crippen LogP contribution in [-0.2, 0) is 6.54 Å². The SMILES string of the molecule is C=C/C=C\C(C)=N.C=NC(=C)C.CNCc1ccc(C#N)cc1. The molecule has 0 fully saturated rings. The lowest BCUT2D eigenvalue weighted by atomic mass is 10.1. The fourth-order valence-corrected chi connectivity index (χ4v) is 1.11. The highest BCUT2D eigenvalue weighted by Crippen LogP contribution is 2.01. The Morgan fingerprint density at radius 2 is 1.87 bits per heavy atom. The standard InChI is InChI=1S/C9H10N2.C6H9N.C4H7N/c1-11-7-9-4-2-8(6-10)3-5-9;1-3-4-5-6(2)7;1-4(2)5-3/h2-5,11H,7H2,1H3;3-5,7H,1H2,2H3;1,3H2,2H3/b;5-4-,7-6?;. The molecule has 1 rings (SSSR count). The van der Waals surface area contributed by atoms with Crippen LogP contribution in [0.4, 0.5) is 0 Å². The van der Waals surface area contributed by atoms with Gasteiger partial charge in [-0.25, -0.2) is 0 Å². The van der Waals surface area contributed by atoms with Gasteiger partial charge in [-0.1, -0.05) is 37.4 Å². The summed E-state index contributed by atoms with van der Waals surface area (Å²) in [5.74, 6) is 0. The monoisotopic (exact) mass is 310 g/mol. The highest BCUT2D eigenvalue weighted by molar-refractivity contribution is 5.90. The zero-order valence-electron chi connectivity index (χ0n) is 14.3. The van der Waals surface area contributed by atoms with Gasteiger partial charge in [0.2, 0.25) is 0 Å². The molecule has 0 amide bonds. The Kier molecular flexibility index (Phi) is 15.3. The van der Waals surface area contributed by atoms with Crippen molar-refractivity contribution in [3.63, 3.8) is 0 Å². The highest BCUT2D eigenvalue weighted by Gasteiger charge is 1.90. The van der Waals surface area contributed by atoms with E-state index in [2.05, 4.69) is 36.3 Å². The molecule has 0 bridgehead atoms. The second-order valence-electron chi connectivity index (χ2n) is 4.51. The third kappa shape index (κ3) is 17.2. The molecule has 23 heavy (non-hydrogen) atoms. The van der Waals surface area contributed by atoms with Crippen molar-refractivity contribution in [1.29, 1.82) is 10.7 Å². The molecule has 0 aliphatic heterocycles. The summed E-state index contributed by atoms with van der Waals surface area (Å²) in [6.07, 6.45) is 5.08. The van der Waals surface area contributed by atoms with E-state index in [9.17, 15) is 0 Å². The molecule has 4 heteroatoms. The van der Waals surface area contributed by atoms with E-state index in [1.54, 1.807) is 32.1 Å². The van der Waals surface area contributed by atoms with Crippen molar-refractivity contribution >= 4 is 12.4 Å². The number of benzene rings is 1. The van der Waals surface area contributed by atoms with Gasteiger partial charge in [0.1, 0.15) is 0 Å². The Bertz CT molecular complexity index is 560. The van der Waals surface area contributed by atoms with Gasteiger partial charge in [0, 0.05) is 18.0 Å². The van der Waals surface area contributed by atoms with Gasteiger partial charge in [-0.15, -0.1) is 0 Å². The molecule has 2 N–H and O–H groups in total. The predicted molar refractivity (Wildman–Crippen MR) is 101 cm³/mol. The van der Waals surface area contributed by atoms with Gasteiger partial charge in [0.25, 0.3) is 0 Å². The summed E-state index contributed by atoms with van der Waals surface area (Å²) >= 11 is 0. The minimum absolute atomic E-state index is 0.555. The molecule has 1 aromatic carbocycles. The molecular formula is C19H26N4. The smallest absolute Gasteiger partial charge is 0.0991 e. The van der Waals surface area contributed by atoms with Gasteiger partial charge in [0.15, 0.2) is 0 Å². The van der Waals surface area contributed by atoms with E-state index < -0.39 is 0 Å². The summed E-state index contributed by atoms with van der Waals surface area (Å²) in [7, 11) is 1.90. The number of hydrogen-bond donors (Lipinski definition) is 2. The van der Waals surface area contributed by atoms with Gasteiger partial charge >= 0.3 is 0 Å². The van der Waals surface area contributed by atoms with E-state index in [1.165, 1.54) is 5.56 Å². The predicted octanol–water partition coefficient (Wildman–Crippen LogP) is 4.27. The number of allylic oxidation sites excluding steroid dienone is 4. The first-order valence-corrected chi connectivity index (χ1v) is 7.01. The van der Waals surface area contributed by atoms with Crippen molar-refractivity contribution in [2.24, 2.45) is 4.99 Å². The molecule has 0 aliphatic carbocycles. The zero-order chi connectivity index (χ0) is 18.1. The normalized spacial score (nSPS) is 8.61. The Morgan fingerprint density at radius 3 is 2.13 bits per heavy atom. The summed E-state index contributed by atoms with van der Waals surface area (Å²) in [5.41, 5.74) is 3.24. The second kappa shape index (κ2) is 15.6. The number of nitriles is 1. The maximum Gasteiger partial charge on any atom is 0.0991 e. The van der Waals surface area contributed by atoms with Gasteiger partial charge in [-0.2, -0.15) is 5.26 Å². The van der Waals surface area contributed by atoms with Crippen LogP contribution in [0.2, 0.25) is 0 Å². The minimum Gasteiger partial charge on any atom is -0.316 e. The van der Waals surface area contributed by atoms with Gasteiger partial charge in [-0.3, -0.25) is 4.99 Å². The molecule has 0 unspecified atom stereocenters. The topological polar surface area (TPSA) is 72.0 Å². The number of nitrogens with one attached hydrogen (secondary N) is 2. The van der Waals surface area contributed by atoms with E-state index in [0.717, 1.165) is 12.2 Å². The van der Waals surface area contributed by atoms with E-state index in [4.69, 9.17) is 10.7 Å².